The van der Waals surface area contributed by atoms with Crippen LogP contribution in [0.25, 0.3) is 0 Å². The Balaban J connectivity index is 3.52. The van der Waals surface area contributed by atoms with Crippen LogP contribution in [-0.4, -0.2) is 23.4 Å². The van der Waals surface area contributed by atoms with E-state index in [0.717, 1.165) is 12.0 Å². The Bertz CT molecular complexity index is 597. The Morgan fingerprint density at radius 1 is 1.24 bits per heavy atom. The zero-order valence-electron chi connectivity index (χ0n) is 12.5. The van der Waals surface area contributed by atoms with Gasteiger partial charge in [-0.05, 0) is 18.4 Å². The molecule has 0 aliphatic heterocycles. The summed E-state index contributed by atoms with van der Waals surface area (Å²) in [7, 11) is -6.36. The van der Waals surface area contributed by atoms with Crippen LogP contribution < -0.4 is 0 Å². The van der Waals surface area contributed by atoms with Gasteiger partial charge in [-0.3, -0.25) is 8.76 Å². The molecule has 0 bridgehead atoms. The van der Waals surface area contributed by atoms with Crippen molar-refractivity contribution in [3.05, 3.63) is 35.4 Å². The molecule has 21 heavy (non-hydrogen) atoms. The number of hydrogen-bond donors (Lipinski definition) is 1. The lowest BCUT2D eigenvalue weighted by molar-refractivity contribution is 0.134. The predicted molar refractivity (Wildman–Crippen MR) is 83.7 cm³/mol. The van der Waals surface area contributed by atoms with Crippen LogP contribution >= 0.6 is 0 Å². The van der Waals surface area contributed by atoms with Crippen LogP contribution in [0.5, 0.6) is 0 Å². The summed E-state index contributed by atoms with van der Waals surface area (Å²) in [4.78, 5) is -1.55. The van der Waals surface area contributed by atoms with Crippen molar-refractivity contribution in [1.82, 2.24) is 0 Å². The fraction of sp³-hybridized carbons (Fsp3) is 0.571. The van der Waals surface area contributed by atoms with Gasteiger partial charge in [-0.1, -0.05) is 51.0 Å². The summed E-state index contributed by atoms with van der Waals surface area (Å²) in [6.07, 6.45) is 3.77. The van der Waals surface area contributed by atoms with Gasteiger partial charge in [0.15, 0.2) is 4.93 Å². The first-order chi connectivity index (χ1) is 9.77. The van der Waals surface area contributed by atoms with Crippen LogP contribution in [0, 0.1) is 0 Å². The average Bonchev–Trinajstić information content (AvgIpc) is 2.37. The molecule has 0 saturated heterocycles. The van der Waals surface area contributed by atoms with E-state index in [-0.39, 0.29) is 6.42 Å². The lowest BCUT2D eigenvalue weighted by Gasteiger charge is -2.31. The van der Waals surface area contributed by atoms with Gasteiger partial charge in [0.1, 0.15) is 0 Å². The maximum atomic E-state index is 12.3. The Morgan fingerprint density at radius 3 is 2.33 bits per heavy atom. The summed E-state index contributed by atoms with van der Waals surface area (Å²) >= 11 is 0. The summed E-state index contributed by atoms with van der Waals surface area (Å²) in [6.45, 7) is 3.85. The van der Waals surface area contributed by atoms with E-state index in [2.05, 4.69) is 0 Å². The first-order valence-corrected chi connectivity index (χ1v) is 9.79. The number of aryl methyl sites for hydroxylation is 1. The maximum Gasteiger partial charge on any atom is 0.399 e. The smallest absolute Gasteiger partial charge is 0.263 e. The molecule has 7 heteroatoms. The minimum Gasteiger partial charge on any atom is -0.263 e. The van der Waals surface area contributed by atoms with Crippen LogP contribution in [0.15, 0.2) is 24.3 Å². The van der Waals surface area contributed by atoms with Crippen LogP contribution in [-0.2, 0) is 36.7 Å². The van der Waals surface area contributed by atoms with Crippen molar-refractivity contribution < 1.29 is 21.4 Å². The zero-order chi connectivity index (χ0) is 16.1. The van der Waals surface area contributed by atoms with E-state index in [1.165, 1.54) is 6.26 Å². The number of hydrogen-bond acceptors (Lipinski definition) is 4. The van der Waals surface area contributed by atoms with Gasteiger partial charge in [-0.15, -0.1) is 0 Å². The molecule has 0 aromatic heterocycles. The quantitative estimate of drug-likeness (QED) is 0.739. The molecule has 0 saturated carbocycles. The molecule has 1 rings (SSSR count). The van der Waals surface area contributed by atoms with Crippen LogP contribution in [0.1, 0.15) is 44.2 Å². The molecule has 2 atom stereocenters. The molecule has 1 N–H and O–H groups in total. The average molecular weight is 334 g/mol. The molecular formula is C14H22O5S2. The van der Waals surface area contributed by atoms with Crippen LogP contribution in [0.3, 0.4) is 0 Å². The van der Waals surface area contributed by atoms with E-state index in [1.807, 2.05) is 26.0 Å². The van der Waals surface area contributed by atoms with Crippen molar-refractivity contribution >= 4 is 21.2 Å². The number of rotatable bonds is 8. The molecule has 1 aromatic rings. The molecule has 0 aliphatic carbocycles. The van der Waals surface area contributed by atoms with Gasteiger partial charge < -0.3 is 0 Å². The second-order valence-electron chi connectivity index (χ2n) is 4.88. The summed E-state index contributed by atoms with van der Waals surface area (Å²) in [5.41, 5.74) is 1.44. The lowest BCUT2D eigenvalue weighted by Crippen LogP contribution is -2.37. The minimum atomic E-state index is -4.72. The van der Waals surface area contributed by atoms with Crippen molar-refractivity contribution in [1.29, 1.82) is 0 Å². The van der Waals surface area contributed by atoms with Crippen molar-refractivity contribution in [2.45, 2.75) is 44.5 Å². The first kappa shape index (κ1) is 18.3. The molecule has 0 fully saturated rings. The lowest BCUT2D eigenvalue weighted by atomic mass is 9.96. The van der Waals surface area contributed by atoms with Gasteiger partial charge in [-0.2, -0.15) is 8.42 Å². The highest BCUT2D eigenvalue weighted by molar-refractivity contribution is 7.86. The molecule has 0 aliphatic rings. The second-order valence-corrected chi connectivity index (χ2v) is 7.47. The van der Waals surface area contributed by atoms with E-state index >= 15 is 0 Å². The standard InChI is InChI=1S/C14H22O5S2/c1-4-8-12-9-6-7-10-13(12)14(11-5-2,20(3)15)19-21(16,17)18/h6-7,9-10H,4-5,8,11H2,1-3H3,(H,16,17,18). The molecule has 0 amide bonds. The summed E-state index contributed by atoms with van der Waals surface area (Å²) in [6, 6.07) is 7.17. The van der Waals surface area contributed by atoms with Crippen LogP contribution in [0.2, 0.25) is 0 Å². The van der Waals surface area contributed by atoms with Crippen molar-refractivity contribution in [2.75, 3.05) is 6.26 Å². The van der Waals surface area contributed by atoms with Crippen molar-refractivity contribution in [2.24, 2.45) is 0 Å². The van der Waals surface area contributed by atoms with E-state index < -0.39 is 26.1 Å². The summed E-state index contributed by atoms with van der Waals surface area (Å²) in [5, 5.41) is 0. The Morgan fingerprint density at radius 2 is 1.86 bits per heavy atom. The normalized spacial score (nSPS) is 16.4. The fourth-order valence-electron chi connectivity index (χ4n) is 2.45. The monoisotopic (exact) mass is 334 g/mol. The minimum absolute atomic E-state index is 0.233. The van der Waals surface area contributed by atoms with Crippen molar-refractivity contribution in [3.8, 4) is 0 Å². The first-order valence-electron chi connectivity index (χ1n) is 6.86. The molecule has 2 unspecified atom stereocenters. The van der Waals surface area contributed by atoms with E-state index in [4.69, 9.17) is 8.74 Å². The van der Waals surface area contributed by atoms with Gasteiger partial charge in [0.05, 0.1) is 10.8 Å². The SMILES string of the molecule is CCCc1ccccc1C(CCC)(OS(=O)(=O)O)S(C)=O. The molecule has 0 radical (unpaired) electrons. The topological polar surface area (TPSA) is 80.7 Å². The second kappa shape index (κ2) is 7.49. The third-order valence-electron chi connectivity index (χ3n) is 3.23. The molecule has 0 heterocycles. The highest BCUT2D eigenvalue weighted by Crippen LogP contribution is 2.38. The third-order valence-corrected chi connectivity index (χ3v) is 5.27. The zero-order valence-corrected chi connectivity index (χ0v) is 14.2. The van der Waals surface area contributed by atoms with Gasteiger partial charge in [0.2, 0.25) is 0 Å². The van der Waals surface area contributed by atoms with Crippen molar-refractivity contribution in [3.63, 3.8) is 0 Å². The summed E-state index contributed by atoms with van der Waals surface area (Å²) in [5.74, 6) is 0. The molecule has 120 valence electrons. The molecule has 5 nitrogen and oxygen atoms in total. The molecule has 0 spiro atoms. The van der Waals surface area contributed by atoms with Gasteiger partial charge in [0.25, 0.3) is 0 Å². The largest absolute Gasteiger partial charge is 0.399 e. The van der Waals surface area contributed by atoms with E-state index in [0.29, 0.717) is 18.4 Å². The van der Waals surface area contributed by atoms with Gasteiger partial charge in [-0.25, -0.2) is 4.18 Å². The predicted octanol–water partition coefficient (Wildman–Crippen LogP) is 2.79. The fourth-order valence-corrected chi connectivity index (χ4v) is 4.60. The molecular weight excluding hydrogens is 312 g/mol. The van der Waals surface area contributed by atoms with E-state index in [1.54, 1.807) is 12.1 Å². The van der Waals surface area contributed by atoms with Crippen LogP contribution in [0.4, 0.5) is 0 Å². The highest BCUT2D eigenvalue weighted by Gasteiger charge is 2.42. The summed E-state index contributed by atoms with van der Waals surface area (Å²) < 4.78 is 48.9. The maximum absolute atomic E-state index is 12.3. The van der Waals surface area contributed by atoms with Gasteiger partial charge >= 0.3 is 10.4 Å². The van der Waals surface area contributed by atoms with E-state index in [9.17, 15) is 12.6 Å². The Hall–Kier alpha value is -0.760. The number of benzene rings is 1. The highest BCUT2D eigenvalue weighted by atomic mass is 32.3. The third kappa shape index (κ3) is 4.60. The Labute approximate surface area is 129 Å². The van der Waals surface area contributed by atoms with Gasteiger partial charge in [0, 0.05) is 11.8 Å². The Kier molecular flexibility index (Phi) is 6.52. The molecule has 1 aromatic carbocycles.